The van der Waals surface area contributed by atoms with Gasteiger partial charge in [-0.15, -0.1) is 0 Å². The average Bonchev–Trinajstić information content (AvgIpc) is 2.09. The van der Waals surface area contributed by atoms with Crippen molar-refractivity contribution in [2.45, 2.75) is 39.0 Å². The SMILES string of the molecule is CCCCN(C)CCCCCBr. The summed E-state index contributed by atoms with van der Waals surface area (Å²) in [6.45, 7) is 4.79. The molecule has 0 aromatic carbocycles. The third-order valence-corrected chi connectivity index (χ3v) is 2.63. The number of nitrogens with zero attached hydrogens (tertiary/aromatic N) is 1. The Kier molecular flexibility index (Phi) is 9.88. The Balaban J connectivity index is 3.02. The van der Waals surface area contributed by atoms with Gasteiger partial charge in [0.05, 0.1) is 0 Å². The van der Waals surface area contributed by atoms with E-state index in [9.17, 15) is 0 Å². The number of halogens is 1. The lowest BCUT2D eigenvalue weighted by Gasteiger charge is -2.15. The molecule has 0 aliphatic carbocycles. The van der Waals surface area contributed by atoms with Crippen LogP contribution in [0.1, 0.15) is 39.0 Å². The first-order valence-electron chi connectivity index (χ1n) is 5.05. The van der Waals surface area contributed by atoms with Crippen LogP contribution >= 0.6 is 15.9 Å². The fraction of sp³-hybridized carbons (Fsp3) is 1.00. The van der Waals surface area contributed by atoms with Crippen molar-refractivity contribution in [1.82, 2.24) is 4.90 Å². The van der Waals surface area contributed by atoms with Gasteiger partial charge in [-0.2, -0.15) is 0 Å². The molecule has 0 amide bonds. The predicted octanol–water partition coefficient (Wildman–Crippen LogP) is 3.28. The van der Waals surface area contributed by atoms with Gasteiger partial charge in [0.25, 0.3) is 0 Å². The summed E-state index contributed by atoms with van der Waals surface area (Å²) in [5.74, 6) is 0. The zero-order valence-electron chi connectivity index (χ0n) is 8.48. The highest BCUT2D eigenvalue weighted by molar-refractivity contribution is 9.09. The molecule has 0 aromatic rings. The standard InChI is InChI=1S/C10H22BrN/c1-3-4-9-12(2)10-7-5-6-8-11/h3-10H2,1-2H3. The van der Waals surface area contributed by atoms with Crippen molar-refractivity contribution >= 4 is 15.9 Å². The highest BCUT2D eigenvalue weighted by Gasteiger charge is 1.96. The Morgan fingerprint density at radius 1 is 1.00 bits per heavy atom. The Morgan fingerprint density at radius 3 is 2.25 bits per heavy atom. The van der Waals surface area contributed by atoms with Crippen LogP contribution in [0.25, 0.3) is 0 Å². The molecule has 0 aliphatic heterocycles. The van der Waals surface area contributed by atoms with Gasteiger partial charge in [0.1, 0.15) is 0 Å². The Bertz CT molecular complexity index is 85.9. The van der Waals surface area contributed by atoms with Gasteiger partial charge in [-0.3, -0.25) is 0 Å². The Hall–Kier alpha value is 0.440. The molecule has 0 fully saturated rings. The summed E-state index contributed by atoms with van der Waals surface area (Å²) in [4.78, 5) is 2.44. The quantitative estimate of drug-likeness (QED) is 0.461. The summed E-state index contributed by atoms with van der Waals surface area (Å²) in [7, 11) is 2.23. The number of hydrogen-bond acceptors (Lipinski definition) is 1. The fourth-order valence-electron chi connectivity index (χ4n) is 1.19. The molecule has 0 atom stereocenters. The van der Waals surface area contributed by atoms with Crippen LogP contribution in [0.4, 0.5) is 0 Å². The van der Waals surface area contributed by atoms with Gasteiger partial charge >= 0.3 is 0 Å². The molecule has 0 N–H and O–H groups in total. The molecule has 12 heavy (non-hydrogen) atoms. The molecule has 0 radical (unpaired) electrons. The summed E-state index contributed by atoms with van der Waals surface area (Å²) in [5, 5.41) is 1.16. The van der Waals surface area contributed by atoms with Crippen LogP contribution in [0.3, 0.4) is 0 Å². The number of hydrogen-bond donors (Lipinski definition) is 0. The Morgan fingerprint density at radius 2 is 1.67 bits per heavy atom. The maximum Gasteiger partial charge on any atom is 0.00313 e. The first kappa shape index (κ1) is 12.4. The van der Waals surface area contributed by atoms with E-state index in [0.29, 0.717) is 0 Å². The van der Waals surface area contributed by atoms with Crippen LogP contribution in [-0.2, 0) is 0 Å². The zero-order valence-corrected chi connectivity index (χ0v) is 10.1. The molecular weight excluding hydrogens is 214 g/mol. The molecule has 0 heterocycles. The first-order chi connectivity index (χ1) is 5.81. The van der Waals surface area contributed by atoms with E-state index in [1.807, 2.05) is 0 Å². The van der Waals surface area contributed by atoms with Crippen LogP contribution in [0.2, 0.25) is 0 Å². The lowest BCUT2D eigenvalue weighted by Crippen LogP contribution is -2.20. The van der Waals surface area contributed by atoms with E-state index in [1.165, 1.54) is 45.2 Å². The Labute approximate surface area is 85.7 Å². The smallest absolute Gasteiger partial charge is 0.00313 e. The van der Waals surface area contributed by atoms with Gasteiger partial charge in [0.2, 0.25) is 0 Å². The minimum atomic E-state index is 1.16. The van der Waals surface area contributed by atoms with E-state index in [0.717, 1.165) is 5.33 Å². The van der Waals surface area contributed by atoms with Crippen LogP contribution in [-0.4, -0.2) is 30.4 Å². The van der Waals surface area contributed by atoms with Crippen molar-refractivity contribution in [2.75, 3.05) is 25.5 Å². The van der Waals surface area contributed by atoms with Crippen molar-refractivity contribution in [3.05, 3.63) is 0 Å². The number of unbranched alkanes of at least 4 members (excludes halogenated alkanes) is 3. The molecule has 0 bridgehead atoms. The van der Waals surface area contributed by atoms with Crippen molar-refractivity contribution in [2.24, 2.45) is 0 Å². The highest BCUT2D eigenvalue weighted by Crippen LogP contribution is 2.00. The monoisotopic (exact) mass is 235 g/mol. The van der Waals surface area contributed by atoms with E-state index in [1.54, 1.807) is 0 Å². The van der Waals surface area contributed by atoms with Gasteiger partial charge in [0.15, 0.2) is 0 Å². The molecule has 2 heteroatoms. The molecule has 0 rings (SSSR count). The summed E-state index contributed by atoms with van der Waals surface area (Å²) in [6.07, 6.45) is 6.69. The predicted molar refractivity (Wildman–Crippen MR) is 60.1 cm³/mol. The normalized spacial score (nSPS) is 11.0. The molecule has 0 unspecified atom stereocenters. The van der Waals surface area contributed by atoms with E-state index in [4.69, 9.17) is 0 Å². The van der Waals surface area contributed by atoms with Crippen LogP contribution < -0.4 is 0 Å². The minimum absolute atomic E-state index is 1.16. The second kappa shape index (κ2) is 9.53. The van der Waals surface area contributed by atoms with Crippen molar-refractivity contribution in [3.63, 3.8) is 0 Å². The molecule has 0 spiro atoms. The van der Waals surface area contributed by atoms with E-state index in [-0.39, 0.29) is 0 Å². The summed E-state index contributed by atoms with van der Waals surface area (Å²) in [5.41, 5.74) is 0. The molecule has 0 saturated heterocycles. The van der Waals surface area contributed by atoms with Gasteiger partial charge < -0.3 is 4.90 Å². The fourth-order valence-corrected chi connectivity index (χ4v) is 1.59. The third-order valence-electron chi connectivity index (χ3n) is 2.07. The molecule has 0 aliphatic rings. The van der Waals surface area contributed by atoms with Gasteiger partial charge in [-0.1, -0.05) is 35.7 Å². The number of rotatable bonds is 8. The second-order valence-electron chi connectivity index (χ2n) is 3.41. The minimum Gasteiger partial charge on any atom is -0.306 e. The summed E-state index contributed by atoms with van der Waals surface area (Å²) >= 11 is 3.44. The summed E-state index contributed by atoms with van der Waals surface area (Å²) < 4.78 is 0. The van der Waals surface area contributed by atoms with Crippen LogP contribution in [0.15, 0.2) is 0 Å². The van der Waals surface area contributed by atoms with Crippen LogP contribution in [0, 0.1) is 0 Å². The highest BCUT2D eigenvalue weighted by atomic mass is 79.9. The summed E-state index contributed by atoms with van der Waals surface area (Å²) in [6, 6.07) is 0. The molecular formula is C10H22BrN. The lowest BCUT2D eigenvalue weighted by atomic mass is 10.2. The van der Waals surface area contributed by atoms with E-state index >= 15 is 0 Å². The second-order valence-corrected chi connectivity index (χ2v) is 4.20. The van der Waals surface area contributed by atoms with Crippen molar-refractivity contribution in [3.8, 4) is 0 Å². The average molecular weight is 236 g/mol. The van der Waals surface area contributed by atoms with E-state index in [2.05, 4.69) is 34.8 Å². The van der Waals surface area contributed by atoms with Crippen molar-refractivity contribution < 1.29 is 0 Å². The van der Waals surface area contributed by atoms with Crippen molar-refractivity contribution in [1.29, 1.82) is 0 Å². The molecule has 1 nitrogen and oxygen atoms in total. The van der Waals surface area contributed by atoms with Gasteiger partial charge in [-0.25, -0.2) is 0 Å². The lowest BCUT2D eigenvalue weighted by molar-refractivity contribution is 0.320. The molecule has 0 saturated carbocycles. The third kappa shape index (κ3) is 8.54. The van der Waals surface area contributed by atoms with Gasteiger partial charge in [-0.05, 0) is 39.4 Å². The topological polar surface area (TPSA) is 3.24 Å². The van der Waals surface area contributed by atoms with E-state index < -0.39 is 0 Å². The van der Waals surface area contributed by atoms with Gasteiger partial charge in [0, 0.05) is 5.33 Å². The molecule has 74 valence electrons. The first-order valence-corrected chi connectivity index (χ1v) is 6.18. The zero-order chi connectivity index (χ0) is 9.23. The molecule has 0 aromatic heterocycles. The van der Waals surface area contributed by atoms with Crippen LogP contribution in [0.5, 0.6) is 0 Å². The largest absolute Gasteiger partial charge is 0.306 e. The maximum absolute atomic E-state index is 3.44. The maximum atomic E-state index is 3.44. The number of alkyl halides is 1.